The Morgan fingerprint density at radius 2 is 1.87 bits per heavy atom. The van der Waals surface area contributed by atoms with E-state index in [4.69, 9.17) is 0 Å². The maximum atomic E-state index is 11.9. The molecular weight excluding hydrogens is 308 g/mol. The quantitative estimate of drug-likeness (QED) is 0.780. The van der Waals surface area contributed by atoms with Crippen LogP contribution in [0.3, 0.4) is 0 Å². The molecule has 2 aromatic rings. The number of hydrogen-bond donors (Lipinski definition) is 2. The number of nitrogens with one attached hydrogen (secondary N) is 1. The van der Waals surface area contributed by atoms with Gasteiger partial charge in [0.05, 0.1) is 17.9 Å². The highest BCUT2D eigenvalue weighted by Gasteiger charge is 2.16. The fourth-order valence-corrected chi connectivity index (χ4v) is 2.96. The second-order valence-electron chi connectivity index (χ2n) is 5.46. The van der Waals surface area contributed by atoms with Crippen LogP contribution >= 0.6 is 11.8 Å². The molecule has 122 valence electrons. The predicted octanol–water partition coefficient (Wildman–Crippen LogP) is 2.42. The first-order chi connectivity index (χ1) is 11.1. The van der Waals surface area contributed by atoms with Gasteiger partial charge in [0.2, 0.25) is 5.91 Å². The van der Waals surface area contributed by atoms with Crippen LogP contribution in [0.4, 0.5) is 0 Å². The summed E-state index contributed by atoms with van der Waals surface area (Å²) in [5.41, 5.74) is 2.21. The summed E-state index contributed by atoms with van der Waals surface area (Å²) in [6.07, 6.45) is 3.44. The summed E-state index contributed by atoms with van der Waals surface area (Å²) in [4.78, 5) is 15.9. The summed E-state index contributed by atoms with van der Waals surface area (Å²) < 4.78 is 0. The summed E-state index contributed by atoms with van der Waals surface area (Å²) in [6.45, 7) is 1.83. The molecule has 23 heavy (non-hydrogen) atoms. The third-order valence-corrected chi connectivity index (χ3v) is 4.51. The van der Waals surface area contributed by atoms with Gasteiger partial charge in [-0.05, 0) is 30.2 Å². The molecule has 1 heterocycles. The maximum Gasteiger partial charge on any atom is 0.230 e. The number of benzene rings is 1. The van der Waals surface area contributed by atoms with Crippen LogP contribution in [-0.4, -0.2) is 33.9 Å². The van der Waals surface area contributed by atoms with Crippen molar-refractivity contribution in [3.05, 3.63) is 66.0 Å². The van der Waals surface area contributed by atoms with Crippen molar-refractivity contribution in [1.29, 1.82) is 0 Å². The largest absolute Gasteiger partial charge is 0.391 e. The van der Waals surface area contributed by atoms with Gasteiger partial charge < -0.3 is 10.4 Å². The van der Waals surface area contributed by atoms with Gasteiger partial charge in [-0.2, -0.15) is 0 Å². The van der Waals surface area contributed by atoms with Crippen LogP contribution in [0, 0.1) is 0 Å². The van der Waals surface area contributed by atoms with Gasteiger partial charge in [-0.25, -0.2) is 0 Å². The van der Waals surface area contributed by atoms with Crippen molar-refractivity contribution in [3.63, 3.8) is 0 Å². The first-order valence-corrected chi connectivity index (χ1v) is 8.78. The highest BCUT2D eigenvalue weighted by molar-refractivity contribution is 7.99. The molecule has 2 rings (SSSR count). The zero-order chi connectivity index (χ0) is 16.5. The highest BCUT2D eigenvalue weighted by atomic mass is 32.2. The Labute approximate surface area is 141 Å². The molecule has 0 bridgehead atoms. The smallest absolute Gasteiger partial charge is 0.230 e. The number of rotatable bonds is 8. The molecule has 0 saturated heterocycles. The minimum atomic E-state index is -0.591. The van der Waals surface area contributed by atoms with Crippen LogP contribution in [0.2, 0.25) is 0 Å². The average Bonchev–Trinajstić information content (AvgIpc) is 2.56. The van der Waals surface area contributed by atoms with E-state index in [-0.39, 0.29) is 11.9 Å². The molecule has 0 spiro atoms. The molecule has 0 aliphatic heterocycles. The Hall–Kier alpha value is -1.85. The van der Waals surface area contributed by atoms with Gasteiger partial charge >= 0.3 is 0 Å². The van der Waals surface area contributed by atoms with Gasteiger partial charge in [-0.15, -0.1) is 11.8 Å². The van der Waals surface area contributed by atoms with E-state index in [0.29, 0.717) is 12.2 Å². The summed E-state index contributed by atoms with van der Waals surface area (Å²) >= 11 is 1.55. The normalized spacial score (nSPS) is 13.3. The van der Waals surface area contributed by atoms with E-state index in [1.165, 1.54) is 0 Å². The van der Waals surface area contributed by atoms with Crippen molar-refractivity contribution >= 4 is 17.7 Å². The second kappa shape index (κ2) is 9.33. The van der Waals surface area contributed by atoms with Crippen LogP contribution in [0.25, 0.3) is 0 Å². The van der Waals surface area contributed by atoms with Gasteiger partial charge in [0.1, 0.15) is 0 Å². The van der Waals surface area contributed by atoms with Gasteiger partial charge in [-0.3, -0.25) is 9.78 Å². The Kier molecular flexibility index (Phi) is 7.10. The van der Waals surface area contributed by atoms with Crippen molar-refractivity contribution in [2.45, 2.75) is 31.2 Å². The van der Waals surface area contributed by atoms with Gasteiger partial charge in [0.25, 0.3) is 0 Å². The number of hydrogen-bond acceptors (Lipinski definition) is 4. The van der Waals surface area contributed by atoms with Crippen LogP contribution in [0.5, 0.6) is 0 Å². The molecule has 0 saturated carbocycles. The number of pyridine rings is 1. The number of aromatic nitrogens is 1. The minimum absolute atomic E-state index is 0.0522. The van der Waals surface area contributed by atoms with Gasteiger partial charge in [-0.1, -0.05) is 30.3 Å². The zero-order valence-corrected chi connectivity index (χ0v) is 14.0. The number of carbonyl (C=O) groups is 1. The molecule has 2 unspecified atom stereocenters. The van der Waals surface area contributed by atoms with Crippen LogP contribution < -0.4 is 5.32 Å². The molecule has 2 atom stereocenters. The zero-order valence-electron chi connectivity index (χ0n) is 13.2. The van der Waals surface area contributed by atoms with Gasteiger partial charge in [0.15, 0.2) is 0 Å². The third kappa shape index (κ3) is 6.42. The molecule has 0 aliphatic carbocycles. The number of aliphatic hydroxyl groups is 1. The number of amides is 1. The number of nitrogens with zero attached hydrogens (tertiary/aromatic N) is 1. The minimum Gasteiger partial charge on any atom is -0.391 e. The lowest BCUT2D eigenvalue weighted by atomic mass is 10.0. The summed E-state index contributed by atoms with van der Waals surface area (Å²) in [7, 11) is 0. The highest BCUT2D eigenvalue weighted by Crippen LogP contribution is 2.11. The van der Waals surface area contributed by atoms with E-state index >= 15 is 0 Å². The standard InChI is InChI=1S/C18H22N2O2S/c1-14(17(21)11-15-5-3-2-4-6-15)20-18(22)13-23-12-16-7-9-19-10-8-16/h2-10,14,17,21H,11-13H2,1H3,(H,20,22). The molecular formula is C18H22N2O2S. The van der Waals surface area contributed by atoms with Gasteiger partial charge in [0, 0.05) is 24.6 Å². The van der Waals surface area contributed by atoms with E-state index in [0.717, 1.165) is 16.9 Å². The topological polar surface area (TPSA) is 62.2 Å². The SMILES string of the molecule is CC(NC(=O)CSCc1ccncc1)C(O)Cc1ccccc1. The van der Waals surface area contributed by atoms with Crippen LogP contribution in [0.1, 0.15) is 18.1 Å². The van der Waals surface area contributed by atoms with E-state index in [9.17, 15) is 9.90 Å². The van der Waals surface area contributed by atoms with E-state index in [1.54, 1.807) is 24.2 Å². The molecule has 1 aromatic heterocycles. The van der Waals surface area contributed by atoms with Crippen molar-refractivity contribution in [2.75, 3.05) is 5.75 Å². The second-order valence-corrected chi connectivity index (χ2v) is 6.45. The first kappa shape index (κ1) is 17.5. The lowest BCUT2D eigenvalue weighted by Gasteiger charge is -2.20. The maximum absolute atomic E-state index is 11.9. The fourth-order valence-electron chi connectivity index (χ4n) is 2.16. The Morgan fingerprint density at radius 3 is 2.57 bits per heavy atom. The Morgan fingerprint density at radius 1 is 1.17 bits per heavy atom. The van der Waals surface area contributed by atoms with E-state index in [2.05, 4.69) is 10.3 Å². The molecule has 4 nitrogen and oxygen atoms in total. The van der Waals surface area contributed by atoms with E-state index < -0.39 is 6.10 Å². The van der Waals surface area contributed by atoms with Crippen molar-refractivity contribution in [2.24, 2.45) is 0 Å². The Bertz CT molecular complexity index is 592. The predicted molar refractivity (Wildman–Crippen MR) is 94.2 cm³/mol. The lowest BCUT2D eigenvalue weighted by Crippen LogP contribution is -2.42. The van der Waals surface area contributed by atoms with E-state index in [1.807, 2.05) is 49.4 Å². The molecule has 1 amide bonds. The molecule has 0 radical (unpaired) electrons. The summed E-state index contributed by atoms with van der Waals surface area (Å²) in [5, 5.41) is 13.1. The lowest BCUT2D eigenvalue weighted by molar-refractivity contribution is -0.119. The molecule has 1 aromatic carbocycles. The molecule has 0 aliphatic rings. The summed E-state index contributed by atoms with van der Waals surface area (Å²) in [6, 6.07) is 13.4. The monoisotopic (exact) mass is 330 g/mol. The number of carbonyl (C=O) groups excluding carboxylic acids is 1. The summed E-state index contributed by atoms with van der Waals surface area (Å²) in [5.74, 6) is 1.10. The Balaban J connectivity index is 1.69. The first-order valence-electron chi connectivity index (χ1n) is 7.63. The van der Waals surface area contributed by atoms with Crippen molar-refractivity contribution in [1.82, 2.24) is 10.3 Å². The number of aliphatic hydroxyl groups excluding tert-OH is 1. The van der Waals surface area contributed by atoms with Crippen molar-refractivity contribution < 1.29 is 9.90 Å². The molecule has 0 fully saturated rings. The number of thioether (sulfide) groups is 1. The fraction of sp³-hybridized carbons (Fsp3) is 0.333. The molecule has 2 N–H and O–H groups in total. The van der Waals surface area contributed by atoms with Crippen LogP contribution in [0.15, 0.2) is 54.9 Å². The molecule has 5 heteroatoms. The third-order valence-electron chi connectivity index (χ3n) is 3.50. The average molecular weight is 330 g/mol. The van der Waals surface area contributed by atoms with Crippen molar-refractivity contribution in [3.8, 4) is 0 Å². The van der Waals surface area contributed by atoms with Crippen LogP contribution in [-0.2, 0) is 17.0 Å².